The topological polar surface area (TPSA) is 221 Å². The van der Waals surface area contributed by atoms with Crippen LogP contribution in [0.3, 0.4) is 0 Å². The average Bonchev–Trinajstić information content (AvgIpc) is 3.99. The highest BCUT2D eigenvalue weighted by atomic mass is 16.6. The van der Waals surface area contributed by atoms with Crippen molar-refractivity contribution in [3.8, 4) is 0 Å². The summed E-state index contributed by atoms with van der Waals surface area (Å²) in [5.74, 6) is -2.55. The summed E-state index contributed by atoms with van der Waals surface area (Å²) in [6.07, 6.45) is 6.98. The Labute approximate surface area is 435 Å². The number of esters is 4. The van der Waals surface area contributed by atoms with Gasteiger partial charge in [0.2, 0.25) is 11.8 Å². The largest absolute Gasteiger partial charge is 0.467 e. The summed E-state index contributed by atoms with van der Waals surface area (Å²) in [5.41, 5.74) is 11.7. The van der Waals surface area contributed by atoms with Crippen molar-refractivity contribution >= 4 is 92.2 Å². The first kappa shape index (κ1) is 57.8. The van der Waals surface area contributed by atoms with Gasteiger partial charge in [0.25, 0.3) is 0 Å². The molecule has 0 aromatic carbocycles. The number of ether oxygens (including phenoxy) is 4. The lowest BCUT2D eigenvalue weighted by Crippen LogP contribution is -2.41. The molecule has 0 fully saturated rings. The van der Waals surface area contributed by atoms with Crippen LogP contribution < -0.4 is 10.6 Å². The number of H-pyrrole nitrogens is 2. The van der Waals surface area contributed by atoms with Crippen LogP contribution in [0.1, 0.15) is 177 Å². The number of aromatic amines is 2. The Morgan fingerprint density at radius 3 is 1.31 bits per heavy atom. The molecule has 2 aliphatic rings. The Bertz CT molecular complexity index is 2900. The molecular formula is C58H76N6O10. The number of fused-ring (bicyclic) bond motifs is 8. The average molecular weight is 1020 g/mol. The van der Waals surface area contributed by atoms with Gasteiger partial charge in [0.1, 0.15) is 23.3 Å². The van der Waals surface area contributed by atoms with E-state index in [0.717, 1.165) is 66.6 Å². The zero-order valence-corrected chi connectivity index (χ0v) is 45.5. The van der Waals surface area contributed by atoms with Crippen molar-refractivity contribution < 1.29 is 47.7 Å². The standard InChI is InChI=1S/C58H76N6O10/c1-15-37-33(3)43-29-44-35(5)39(25-27-51(65)63-41(55(69)71-13)21-17-19-23-53(67)73-57(7,8)9)49(61-44)32-50-40(36(6)46(62-50)31-48-38(16-2)34(4)45(60-48)30-47(37)59-43)26-28-52(66)64-42(56(70)72-14)22-18-20-24-54(68)74-58(10,11)12/h15-16,29-32,41-42,59-60H,1-2,17-28H2,3-14H3,(H,63,65)(H,64,66)/t41-,42-/m0/s1. The van der Waals surface area contributed by atoms with Crippen molar-refractivity contribution in [3.05, 3.63) is 82.5 Å². The van der Waals surface area contributed by atoms with E-state index >= 15 is 0 Å². The fourth-order valence-corrected chi connectivity index (χ4v) is 9.12. The van der Waals surface area contributed by atoms with E-state index in [-0.39, 0.29) is 75.1 Å². The maximum Gasteiger partial charge on any atom is 0.328 e. The van der Waals surface area contributed by atoms with Crippen LogP contribution in [0.2, 0.25) is 0 Å². The van der Waals surface area contributed by atoms with Gasteiger partial charge in [-0.05, 0) is 165 Å². The third-order valence-corrected chi connectivity index (χ3v) is 13.0. The number of rotatable bonds is 22. The van der Waals surface area contributed by atoms with E-state index < -0.39 is 35.2 Å². The number of hydrogen-bond acceptors (Lipinski definition) is 12. The summed E-state index contributed by atoms with van der Waals surface area (Å²) in [5, 5.41) is 5.72. The minimum Gasteiger partial charge on any atom is -0.467 e. The van der Waals surface area contributed by atoms with Gasteiger partial charge in [-0.15, -0.1) is 0 Å². The highest BCUT2D eigenvalue weighted by molar-refractivity contribution is 5.98. The number of unbranched alkanes of at least 4 members (excludes halogenated alkanes) is 2. The fraction of sp³-hybridized carbons (Fsp3) is 0.483. The van der Waals surface area contributed by atoms with Gasteiger partial charge >= 0.3 is 23.9 Å². The summed E-state index contributed by atoms with van der Waals surface area (Å²) in [4.78, 5) is 95.4. The molecule has 2 amide bonds. The first-order valence-electron chi connectivity index (χ1n) is 25.5. The lowest BCUT2D eigenvalue weighted by Gasteiger charge is -2.20. The molecule has 16 heteroatoms. The Balaban J connectivity index is 1.51. The number of nitrogens with zero attached hydrogens (tertiary/aromatic N) is 2. The van der Waals surface area contributed by atoms with Crippen LogP contribution in [0, 0.1) is 13.8 Å². The zero-order chi connectivity index (χ0) is 54.7. The Morgan fingerprint density at radius 2 is 0.932 bits per heavy atom. The van der Waals surface area contributed by atoms with Gasteiger partial charge in [-0.25, -0.2) is 19.6 Å². The molecule has 0 saturated carbocycles. The third-order valence-electron chi connectivity index (χ3n) is 13.0. The molecule has 8 bridgehead atoms. The molecule has 2 atom stereocenters. The number of carbonyl (C=O) groups excluding carboxylic acids is 6. The van der Waals surface area contributed by atoms with E-state index in [4.69, 9.17) is 28.9 Å². The van der Waals surface area contributed by atoms with Crippen molar-refractivity contribution in [1.29, 1.82) is 0 Å². The number of methoxy groups -OCH3 is 2. The summed E-state index contributed by atoms with van der Waals surface area (Å²) in [6.45, 7) is 27.1. The van der Waals surface area contributed by atoms with Gasteiger partial charge in [0.15, 0.2) is 0 Å². The van der Waals surface area contributed by atoms with E-state index in [2.05, 4.69) is 33.8 Å². The predicted molar refractivity (Wildman–Crippen MR) is 291 cm³/mol. The molecule has 16 nitrogen and oxygen atoms in total. The van der Waals surface area contributed by atoms with E-state index in [0.29, 0.717) is 48.5 Å². The first-order valence-corrected chi connectivity index (χ1v) is 25.5. The number of carbonyl (C=O) groups is 6. The van der Waals surface area contributed by atoms with E-state index in [1.54, 1.807) is 41.5 Å². The molecule has 0 aliphatic carbocycles. The van der Waals surface area contributed by atoms with E-state index in [1.165, 1.54) is 14.2 Å². The smallest absolute Gasteiger partial charge is 0.328 e. The number of nitrogens with one attached hydrogen (secondary N) is 4. The monoisotopic (exact) mass is 1020 g/mol. The van der Waals surface area contributed by atoms with Crippen molar-refractivity contribution in [2.75, 3.05) is 14.2 Å². The lowest BCUT2D eigenvalue weighted by atomic mass is 9.97. The van der Waals surface area contributed by atoms with Crippen LogP contribution in [0.4, 0.5) is 0 Å². The van der Waals surface area contributed by atoms with Crippen LogP contribution in [-0.2, 0) is 47.7 Å². The summed E-state index contributed by atoms with van der Waals surface area (Å²) in [7, 11) is 2.54. The zero-order valence-electron chi connectivity index (χ0n) is 45.5. The van der Waals surface area contributed by atoms with Crippen molar-refractivity contribution in [2.45, 2.75) is 170 Å². The lowest BCUT2D eigenvalue weighted by molar-refractivity contribution is -0.156. The maximum atomic E-state index is 13.8. The predicted octanol–water partition coefficient (Wildman–Crippen LogP) is 10.8. The quantitative estimate of drug-likeness (QED) is 0.0419. The molecule has 4 N–H and O–H groups in total. The highest BCUT2D eigenvalue weighted by Gasteiger charge is 2.27. The maximum absolute atomic E-state index is 13.8. The third kappa shape index (κ3) is 15.5. The SMILES string of the molecule is C=Cc1c(C)c2cc3[nH]c(cc4nc(cc5nc(cc1[nH]2)C(C)=C5CCC(=O)N[C@@H](CCCCC(=O)OC(C)(C)C)C(=O)OC)C(CCC(=O)N[C@@H](CCCCC(=O)OC(C)(C)C)C(=O)OC)=C4C)c(C)c3C=C. The number of aromatic nitrogens is 4. The van der Waals surface area contributed by atoms with Crippen molar-refractivity contribution in [2.24, 2.45) is 0 Å². The Hall–Kier alpha value is -7.10. The van der Waals surface area contributed by atoms with E-state index in [1.807, 2.05) is 64.1 Å². The number of allylic oxidation sites excluding steroid dienone is 4. The molecule has 74 heavy (non-hydrogen) atoms. The molecule has 2 aliphatic heterocycles. The molecular weight excluding hydrogens is 941 g/mol. The minimum absolute atomic E-state index is 0.0125. The molecule has 5 heterocycles. The minimum atomic E-state index is -0.915. The second-order valence-corrected chi connectivity index (χ2v) is 20.9. The van der Waals surface area contributed by atoms with Crippen LogP contribution in [-0.4, -0.2) is 93.1 Å². The molecule has 3 aromatic rings. The summed E-state index contributed by atoms with van der Waals surface area (Å²) < 4.78 is 20.9. The molecule has 0 saturated heterocycles. The molecule has 5 rings (SSSR count). The molecule has 0 radical (unpaired) electrons. The molecule has 0 unspecified atom stereocenters. The van der Waals surface area contributed by atoms with Gasteiger partial charge in [-0.1, -0.05) is 38.2 Å². The second-order valence-electron chi connectivity index (χ2n) is 20.9. The van der Waals surface area contributed by atoms with Gasteiger partial charge in [0, 0.05) is 58.9 Å². The first-order chi connectivity index (χ1) is 34.9. The van der Waals surface area contributed by atoms with Crippen LogP contribution in [0.5, 0.6) is 0 Å². The normalized spacial score (nSPS) is 13.5. The second kappa shape index (κ2) is 25.2. The summed E-state index contributed by atoms with van der Waals surface area (Å²) >= 11 is 0. The van der Waals surface area contributed by atoms with Gasteiger partial charge in [-0.3, -0.25) is 19.2 Å². The Kier molecular flexibility index (Phi) is 19.7. The number of amides is 2. The van der Waals surface area contributed by atoms with Gasteiger partial charge in [0.05, 0.1) is 37.0 Å². The van der Waals surface area contributed by atoms with Crippen molar-refractivity contribution in [3.63, 3.8) is 0 Å². The molecule has 0 spiro atoms. The number of hydrogen-bond donors (Lipinski definition) is 4. The van der Waals surface area contributed by atoms with Gasteiger partial charge in [-0.2, -0.15) is 0 Å². The van der Waals surface area contributed by atoms with Gasteiger partial charge < -0.3 is 39.5 Å². The Morgan fingerprint density at radius 1 is 0.554 bits per heavy atom. The molecule has 3 aromatic heterocycles. The highest BCUT2D eigenvalue weighted by Crippen LogP contribution is 2.38. The van der Waals surface area contributed by atoms with Crippen LogP contribution in [0.15, 0.2) is 37.4 Å². The fourth-order valence-electron chi connectivity index (χ4n) is 9.12. The van der Waals surface area contributed by atoms with E-state index in [9.17, 15) is 28.8 Å². The summed E-state index contributed by atoms with van der Waals surface area (Å²) in [6, 6.07) is 6.06. The van der Waals surface area contributed by atoms with Crippen molar-refractivity contribution in [1.82, 2.24) is 30.6 Å². The molecule has 398 valence electrons. The van der Waals surface area contributed by atoms with Crippen LogP contribution in [0.25, 0.3) is 56.5 Å². The number of aryl methyl sites for hydroxylation is 2. The van der Waals surface area contributed by atoms with Crippen LogP contribution >= 0.6 is 0 Å².